The Bertz CT molecular complexity index is 1880. The van der Waals surface area contributed by atoms with E-state index in [9.17, 15) is 61.0 Å². The largest absolute Gasteiger partial charge is 1.00 e. The average molecular weight is 659 g/mol. The van der Waals surface area contributed by atoms with Gasteiger partial charge in [-0.15, -0.1) is 5.75 Å². The first kappa shape index (κ1) is 33.6. The van der Waals surface area contributed by atoms with Crippen LogP contribution in [0.25, 0.3) is 0 Å². The zero-order valence-electron chi connectivity index (χ0n) is 24.5. The SMILES string of the molecule is O=C(O)C[C@H]1c2c(O)cc(O)c([C@H]3c4c(O)cc([O-])cc4O[C@H](c4ccc(O)c(O)c4)[C@@H]3O)c2O[C@H](c2ccc(O)c(O)c2)[C@@H]1O.[Na+]. The number of rotatable bonds is 5. The summed E-state index contributed by atoms with van der Waals surface area (Å²) in [7, 11) is 0. The monoisotopic (exact) mass is 658 g/mol. The number of aliphatic hydroxyl groups is 2. The summed E-state index contributed by atoms with van der Waals surface area (Å²) in [5.41, 5.74) is -0.540. The van der Waals surface area contributed by atoms with Crippen LogP contribution in [0.2, 0.25) is 0 Å². The van der Waals surface area contributed by atoms with E-state index in [1.807, 2.05) is 0 Å². The van der Waals surface area contributed by atoms with Gasteiger partial charge in [0.05, 0.1) is 12.3 Å². The van der Waals surface area contributed by atoms with Gasteiger partial charge in [0.1, 0.15) is 41.0 Å². The van der Waals surface area contributed by atoms with E-state index in [1.165, 1.54) is 12.1 Å². The molecule has 0 aliphatic carbocycles. The third-order valence-corrected chi connectivity index (χ3v) is 8.32. The summed E-state index contributed by atoms with van der Waals surface area (Å²) in [4.78, 5) is 12.0. The molecular weight excluding hydrogens is 631 g/mol. The van der Waals surface area contributed by atoms with Crippen molar-refractivity contribution in [1.29, 1.82) is 0 Å². The van der Waals surface area contributed by atoms with E-state index in [4.69, 9.17) is 9.47 Å². The number of phenols is 7. The van der Waals surface area contributed by atoms with Crippen molar-refractivity contribution < 1.29 is 100.0 Å². The summed E-state index contributed by atoms with van der Waals surface area (Å²) in [5, 5.41) is 119. The third-order valence-electron chi connectivity index (χ3n) is 8.32. The average Bonchev–Trinajstić information content (AvgIpc) is 2.97. The molecule has 15 heteroatoms. The van der Waals surface area contributed by atoms with Gasteiger partial charge in [-0.2, -0.15) is 0 Å². The summed E-state index contributed by atoms with van der Waals surface area (Å²) in [5.74, 6) is -9.66. The van der Waals surface area contributed by atoms with Gasteiger partial charge in [0.15, 0.2) is 35.2 Å². The van der Waals surface area contributed by atoms with Crippen LogP contribution in [0.5, 0.6) is 57.5 Å². The van der Waals surface area contributed by atoms with Gasteiger partial charge in [0, 0.05) is 28.7 Å². The van der Waals surface area contributed by atoms with Crippen molar-refractivity contribution >= 4 is 5.97 Å². The first-order chi connectivity index (χ1) is 21.8. The molecule has 240 valence electrons. The van der Waals surface area contributed by atoms with E-state index in [0.29, 0.717) is 0 Å². The molecule has 0 saturated heterocycles. The molecule has 4 aromatic rings. The van der Waals surface area contributed by atoms with Crippen molar-refractivity contribution in [2.45, 2.75) is 42.7 Å². The maximum Gasteiger partial charge on any atom is 1.00 e. The van der Waals surface area contributed by atoms with Crippen LogP contribution in [-0.4, -0.2) is 69.2 Å². The summed E-state index contributed by atoms with van der Waals surface area (Å²) >= 11 is 0. The minimum Gasteiger partial charge on any atom is -0.872 e. The minimum absolute atomic E-state index is 0. The fourth-order valence-corrected chi connectivity index (χ4v) is 6.27. The molecule has 0 bridgehead atoms. The molecule has 0 aromatic heterocycles. The van der Waals surface area contributed by atoms with Crippen molar-refractivity contribution in [2.75, 3.05) is 0 Å². The number of carbonyl (C=O) groups is 1. The Morgan fingerprint density at radius 3 is 1.72 bits per heavy atom. The molecule has 4 aromatic carbocycles. The van der Waals surface area contributed by atoms with Gasteiger partial charge in [-0.05, 0) is 47.5 Å². The molecule has 2 aliphatic heterocycles. The maximum atomic E-state index is 12.4. The normalized spacial score (nSPS) is 22.9. The van der Waals surface area contributed by atoms with Gasteiger partial charge in [-0.25, -0.2) is 0 Å². The predicted molar refractivity (Wildman–Crippen MR) is 152 cm³/mol. The topological polar surface area (TPSA) is 261 Å². The summed E-state index contributed by atoms with van der Waals surface area (Å²) in [6.45, 7) is 0. The van der Waals surface area contributed by atoms with Crippen molar-refractivity contribution in [1.82, 2.24) is 0 Å². The van der Waals surface area contributed by atoms with Crippen molar-refractivity contribution in [3.8, 4) is 57.5 Å². The first-order valence-electron chi connectivity index (χ1n) is 13.8. The Kier molecular flexibility index (Phi) is 8.92. The number of aliphatic hydroxyl groups excluding tert-OH is 2. The van der Waals surface area contributed by atoms with Crippen molar-refractivity contribution in [2.24, 2.45) is 0 Å². The number of phenolic OH excluding ortho intramolecular Hbond substituents is 7. The quantitative estimate of drug-likeness (QED) is 0.0947. The van der Waals surface area contributed by atoms with Crippen LogP contribution in [-0.2, 0) is 4.79 Å². The van der Waals surface area contributed by atoms with E-state index in [0.717, 1.165) is 42.5 Å². The molecule has 0 spiro atoms. The van der Waals surface area contributed by atoms with Gasteiger partial charge < -0.3 is 65.6 Å². The molecule has 2 heterocycles. The van der Waals surface area contributed by atoms with Gasteiger partial charge in [-0.1, -0.05) is 12.1 Å². The van der Waals surface area contributed by atoms with Gasteiger partial charge in [-0.3, -0.25) is 4.79 Å². The number of hydrogen-bond acceptors (Lipinski definition) is 13. The Balaban J connectivity index is 0.00000433. The summed E-state index contributed by atoms with van der Waals surface area (Å²) in [6.07, 6.45) is -7.01. The van der Waals surface area contributed by atoms with Gasteiger partial charge in [0.25, 0.3) is 0 Å². The number of carboxylic acid groups (broad SMARTS) is 1. The zero-order chi connectivity index (χ0) is 33.2. The van der Waals surface area contributed by atoms with Crippen molar-refractivity contribution in [3.05, 3.63) is 82.4 Å². The second-order valence-corrected chi connectivity index (χ2v) is 11.2. The molecule has 10 N–H and O–H groups in total. The number of hydrogen-bond donors (Lipinski definition) is 10. The molecule has 0 saturated carbocycles. The number of ether oxygens (including phenoxy) is 2. The molecule has 14 nitrogen and oxygen atoms in total. The van der Waals surface area contributed by atoms with Crippen LogP contribution in [0.15, 0.2) is 54.6 Å². The summed E-state index contributed by atoms with van der Waals surface area (Å²) < 4.78 is 12.1. The minimum atomic E-state index is -1.75. The first-order valence-corrected chi connectivity index (χ1v) is 13.8. The second-order valence-electron chi connectivity index (χ2n) is 11.2. The maximum absolute atomic E-state index is 12.4. The fourth-order valence-electron chi connectivity index (χ4n) is 6.27. The molecule has 0 radical (unpaired) electrons. The Labute approximate surface area is 287 Å². The smallest absolute Gasteiger partial charge is 0.872 e. The number of aliphatic carboxylic acids is 1. The fraction of sp³-hybridized carbons (Fsp3) is 0.219. The van der Waals surface area contributed by atoms with E-state index >= 15 is 0 Å². The van der Waals surface area contributed by atoms with Crippen LogP contribution in [0.4, 0.5) is 0 Å². The Hall–Kier alpha value is -4.73. The third kappa shape index (κ3) is 5.74. The van der Waals surface area contributed by atoms with E-state index < -0.39 is 94.6 Å². The van der Waals surface area contributed by atoms with Crippen molar-refractivity contribution in [3.63, 3.8) is 0 Å². The Morgan fingerprint density at radius 2 is 1.17 bits per heavy atom. The van der Waals surface area contributed by atoms with E-state index in [2.05, 4.69) is 0 Å². The molecule has 6 atom stereocenters. The van der Waals surface area contributed by atoms with Gasteiger partial charge in [0.2, 0.25) is 0 Å². The molecule has 6 rings (SSSR count). The van der Waals surface area contributed by atoms with E-state index in [-0.39, 0.29) is 68.9 Å². The Morgan fingerprint density at radius 1 is 0.638 bits per heavy atom. The zero-order valence-corrected chi connectivity index (χ0v) is 26.5. The van der Waals surface area contributed by atoms with Crippen LogP contribution >= 0.6 is 0 Å². The van der Waals surface area contributed by atoms with Crippen LogP contribution in [0, 0.1) is 0 Å². The number of aromatic hydroxyl groups is 7. The van der Waals surface area contributed by atoms with Crippen LogP contribution in [0.1, 0.15) is 58.3 Å². The molecule has 0 fully saturated rings. The van der Waals surface area contributed by atoms with E-state index in [1.54, 1.807) is 0 Å². The molecule has 0 unspecified atom stereocenters. The standard InChI is InChI=1S/C32H28O14.Na/c33-13-7-19(38)25-22(8-13)45-31(12-2-4-16(35)18(37)6-12)29(44)27(25)26-21(40)10-20(39)24-14(9-23(41)42)28(43)30(46-32(24)26)11-1-3-15(34)17(36)5-11;/h1-8,10,14,27-31,33-40,43-44H,9H2,(H,41,42);/q;+1/p-1/t14-,27+,28+,29+,30+,31+;/m0./s1. The summed E-state index contributed by atoms with van der Waals surface area (Å²) in [6, 6.07) is 9.74. The molecular formula is C32H27NaO14. The predicted octanol–water partition coefficient (Wildman–Crippen LogP) is -0.617. The number of carboxylic acids is 1. The molecule has 47 heavy (non-hydrogen) atoms. The second kappa shape index (κ2) is 12.5. The van der Waals surface area contributed by atoms with Crippen LogP contribution in [0.3, 0.4) is 0 Å². The number of fused-ring (bicyclic) bond motifs is 2. The van der Waals surface area contributed by atoms with Gasteiger partial charge >= 0.3 is 35.5 Å². The molecule has 2 aliphatic rings. The number of benzene rings is 4. The van der Waals surface area contributed by atoms with Crippen LogP contribution < -0.4 is 44.1 Å². The molecule has 0 amide bonds.